The molecule has 4 saturated carbocycles. The molecular formula is C31H41F2NO4. The van der Waals surface area contributed by atoms with E-state index >= 15 is 0 Å². The molecule has 4 aliphatic carbocycles. The molecule has 2 N–H and O–H groups in total. The van der Waals surface area contributed by atoms with Crippen molar-refractivity contribution < 1.29 is 23.4 Å². The molecule has 38 heavy (non-hydrogen) atoms. The molecule has 1 unspecified atom stereocenters. The Morgan fingerprint density at radius 2 is 1.74 bits per heavy atom. The lowest BCUT2D eigenvalue weighted by Crippen LogP contribution is -2.58. The first-order chi connectivity index (χ1) is 18.0. The lowest BCUT2D eigenvalue weighted by Gasteiger charge is -2.62. The molecule has 1 aromatic heterocycles. The Balaban J connectivity index is 1.18. The number of rotatable bonds is 4. The van der Waals surface area contributed by atoms with Gasteiger partial charge in [0.1, 0.15) is 0 Å². The van der Waals surface area contributed by atoms with E-state index in [4.69, 9.17) is 4.42 Å². The Kier molecular flexibility index (Phi) is 6.50. The number of benzene rings is 1. The van der Waals surface area contributed by atoms with E-state index in [9.17, 15) is 23.8 Å². The molecule has 10 atom stereocenters. The van der Waals surface area contributed by atoms with Gasteiger partial charge >= 0.3 is 5.63 Å². The quantitative estimate of drug-likeness (QED) is 0.506. The van der Waals surface area contributed by atoms with Gasteiger partial charge < -0.3 is 14.6 Å². The lowest BCUT2D eigenvalue weighted by molar-refractivity contribution is -0.174. The van der Waals surface area contributed by atoms with Crippen molar-refractivity contribution in [1.29, 1.82) is 0 Å². The Hall–Kier alpha value is -1.86. The number of aryl methyl sites for hydroxylation is 1. The maximum absolute atomic E-state index is 13.7. The standard InChI is InChI=1S/C31H41F2NO4/c1-16(4-7-27-34-25-15-24(33)23(32)14-19(25)29(37)38-27)20-5-6-21-28-22(9-11-31(20,21)3)30(2)10-8-18(35)12-17(30)13-26(28)36/h14-18,20-22,26,28,35-36H,4-13H2,1-3H3/t16-,17+,18-,20-,21+,22?,26+,28+,30+,31-/m1/s1. The Morgan fingerprint density at radius 1 is 1.03 bits per heavy atom. The number of halogens is 2. The highest BCUT2D eigenvalue weighted by Gasteiger charge is 2.62. The van der Waals surface area contributed by atoms with Crippen LogP contribution in [0.15, 0.2) is 21.3 Å². The summed E-state index contributed by atoms with van der Waals surface area (Å²) in [6.45, 7) is 7.16. The summed E-state index contributed by atoms with van der Waals surface area (Å²) in [6, 6.07) is 1.81. The van der Waals surface area contributed by atoms with Crippen LogP contribution >= 0.6 is 0 Å². The number of hydrogen-bond acceptors (Lipinski definition) is 5. The molecule has 0 bridgehead atoms. The summed E-state index contributed by atoms with van der Waals surface area (Å²) in [5, 5.41) is 21.7. The van der Waals surface area contributed by atoms with Crippen LogP contribution in [0.5, 0.6) is 0 Å². The van der Waals surface area contributed by atoms with Gasteiger partial charge in [-0.3, -0.25) is 0 Å². The molecule has 4 aliphatic rings. The molecule has 0 radical (unpaired) electrons. The minimum Gasteiger partial charge on any atom is -0.408 e. The summed E-state index contributed by atoms with van der Waals surface area (Å²) in [5.74, 6) is 0.826. The molecule has 2 aromatic rings. The fourth-order valence-electron chi connectivity index (χ4n) is 9.95. The van der Waals surface area contributed by atoms with Gasteiger partial charge in [-0.2, -0.15) is 0 Å². The zero-order valence-corrected chi connectivity index (χ0v) is 22.8. The van der Waals surface area contributed by atoms with E-state index < -0.39 is 17.3 Å². The Bertz CT molecular complexity index is 1280. The average Bonchev–Trinajstić information content (AvgIpc) is 3.22. The SMILES string of the molecule is C[C@H](CCc1nc2cc(F)c(F)cc2c(=O)o1)[C@H]1CC[C@H]2[C@H]3C(CC[C@]12C)[C@@]1(C)CC[C@@H](O)C[C@H]1C[C@@H]3O. The molecule has 4 fully saturated rings. The van der Waals surface area contributed by atoms with Crippen LogP contribution in [-0.4, -0.2) is 27.4 Å². The van der Waals surface area contributed by atoms with E-state index in [0.717, 1.165) is 63.5 Å². The third-order valence-electron chi connectivity index (χ3n) is 11.9. The number of aliphatic hydroxyl groups is 2. The Morgan fingerprint density at radius 3 is 2.53 bits per heavy atom. The smallest absolute Gasteiger partial charge is 0.346 e. The van der Waals surface area contributed by atoms with Crippen LogP contribution in [0.4, 0.5) is 8.78 Å². The van der Waals surface area contributed by atoms with Crippen molar-refractivity contribution in [3.63, 3.8) is 0 Å². The van der Waals surface area contributed by atoms with Gasteiger partial charge in [-0.05, 0) is 110 Å². The van der Waals surface area contributed by atoms with E-state index in [1.807, 2.05) is 0 Å². The normalized spacial score (nSPS) is 41.4. The van der Waals surface area contributed by atoms with Crippen molar-refractivity contribution in [1.82, 2.24) is 4.98 Å². The average molecular weight is 530 g/mol. The molecule has 5 nitrogen and oxygen atoms in total. The summed E-state index contributed by atoms with van der Waals surface area (Å²) in [5.41, 5.74) is -0.175. The van der Waals surface area contributed by atoms with Crippen LogP contribution in [0.3, 0.4) is 0 Å². The minimum absolute atomic E-state index is 0.0435. The summed E-state index contributed by atoms with van der Waals surface area (Å²) in [4.78, 5) is 16.7. The van der Waals surface area contributed by atoms with Gasteiger partial charge in [0.05, 0.1) is 23.1 Å². The van der Waals surface area contributed by atoms with Gasteiger partial charge in [-0.25, -0.2) is 18.6 Å². The predicted molar refractivity (Wildman–Crippen MR) is 140 cm³/mol. The molecule has 208 valence electrons. The fraction of sp³-hybridized carbons (Fsp3) is 0.742. The molecule has 1 aromatic carbocycles. The second-order valence-electron chi connectivity index (χ2n) is 13.6. The van der Waals surface area contributed by atoms with Gasteiger partial charge in [0, 0.05) is 12.5 Å². The molecule has 0 amide bonds. The molecular weight excluding hydrogens is 488 g/mol. The van der Waals surface area contributed by atoms with Crippen molar-refractivity contribution in [2.75, 3.05) is 0 Å². The van der Waals surface area contributed by atoms with Gasteiger partial charge in [0.2, 0.25) is 0 Å². The van der Waals surface area contributed by atoms with Gasteiger partial charge in [0.25, 0.3) is 0 Å². The van der Waals surface area contributed by atoms with Crippen LogP contribution < -0.4 is 5.63 Å². The van der Waals surface area contributed by atoms with Crippen LogP contribution in [-0.2, 0) is 6.42 Å². The molecule has 1 heterocycles. The predicted octanol–water partition coefficient (Wildman–Crippen LogP) is 6.03. The van der Waals surface area contributed by atoms with Gasteiger partial charge in [-0.1, -0.05) is 20.8 Å². The van der Waals surface area contributed by atoms with E-state index in [1.54, 1.807) is 0 Å². The van der Waals surface area contributed by atoms with Gasteiger partial charge in [0.15, 0.2) is 17.5 Å². The third-order valence-corrected chi connectivity index (χ3v) is 11.9. The highest BCUT2D eigenvalue weighted by atomic mass is 19.2. The number of aliphatic hydroxyl groups excluding tert-OH is 2. The summed E-state index contributed by atoms with van der Waals surface area (Å²) in [7, 11) is 0. The maximum atomic E-state index is 13.7. The molecule has 7 heteroatoms. The van der Waals surface area contributed by atoms with Crippen LogP contribution in [0.25, 0.3) is 10.9 Å². The third kappa shape index (κ3) is 4.06. The highest BCUT2D eigenvalue weighted by molar-refractivity contribution is 5.77. The number of fused-ring (bicyclic) bond motifs is 6. The van der Waals surface area contributed by atoms with E-state index in [0.29, 0.717) is 41.9 Å². The molecule has 0 aliphatic heterocycles. The summed E-state index contributed by atoms with van der Waals surface area (Å²) in [6.07, 6.45) is 8.95. The minimum atomic E-state index is -1.08. The summed E-state index contributed by atoms with van der Waals surface area (Å²) >= 11 is 0. The first-order valence-electron chi connectivity index (χ1n) is 14.7. The van der Waals surface area contributed by atoms with Gasteiger partial charge in [-0.15, -0.1) is 0 Å². The van der Waals surface area contributed by atoms with Crippen molar-refractivity contribution in [3.8, 4) is 0 Å². The summed E-state index contributed by atoms with van der Waals surface area (Å²) < 4.78 is 32.7. The molecule has 0 saturated heterocycles. The van der Waals surface area contributed by atoms with Crippen molar-refractivity contribution >= 4 is 10.9 Å². The molecule has 6 rings (SSSR count). The van der Waals surface area contributed by atoms with E-state index in [2.05, 4.69) is 25.8 Å². The topological polar surface area (TPSA) is 83.6 Å². The van der Waals surface area contributed by atoms with Crippen LogP contribution in [0.2, 0.25) is 0 Å². The van der Waals surface area contributed by atoms with E-state index in [1.165, 1.54) is 6.42 Å². The largest absolute Gasteiger partial charge is 0.408 e. The number of hydrogen-bond donors (Lipinski definition) is 2. The van der Waals surface area contributed by atoms with Crippen molar-refractivity contribution in [2.45, 2.75) is 97.2 Å². The van der Waals surface area contributed by atoms with Crippen LogP contribution in [0, 0.1) is 58.0 Å². The zero-order valence-electron chi connectivity index (χ0n) is 22.8. The Labute approximate surface area is 223 Å². The lowest BCUT2D eigenvalue weighted by atomic mass is 9.43. The van der Waals surface area contributed by atoms with Crippen LogP contribution in [0.1, 0.15) is 84.4 Å². The fourth-order valence-corrected chi connectivity index (χ4v) is 9.95. The second-order valence-corrected chi connectivity index (χ2v) is 13.6. The zero-order chi connectivity index (χ0) is 27.0. The highest BCUT2D eigenvalue weighted by Crippen LogP contribution is 2.68. The molecule has 0 spiro atoms. The van der Waals surface area contributed by atoms with Crippen molar-refractivity contribution in [3.05, 3.63) is 40.1 Å². The van der Waals surface area contributed by atoms with E-state index in [-0.39, 0.29) is 39.8 Å². The van der Waals surface area contributed by atoms with Crippen molar-refractivity contribution in [2.24, 2.45) is 46.3 Å². The number of aromatic nitrogens is 1. The maximum Gasteiger partial charge on any atom is 0.346 e. The second kappa shape index (κ2) is 9.36. The monoisotopic (exact) mass is 529 g/mol. The number of nitrogens with zero attached hydrogens (tertiary/aromatic N) is 1. The first-order valence-corrected chi connectivity index (χ1v) is 14.7. The first kappa shape index (κ1) is 26.4.